The average Bonchev–Trinajstić information content (AvgIpc) is 3.11. The van der Waals surface area contributed by atoms with Gasteiger partial charge in [-0.15, -0.1) is 0 Å². The van der Waals surface area contributed by atoms with Gasteiger partial charge in [0.25, 0.3) is 5.91 Å². The first-order valence-electron chi connectivity index (χ1n) is 8.96. The number of benzene rings is 3. The zero-order valence-corrected chi connectivity index (χ0v) is 15.3. The third kappa shape index (κ3) is 3.78. The van der Waals surface area contributed by atoms with Gasteiger partial charge in [-0.1, -0.05) is 59.8 Å². The summed E-state index contributed by atoms with van der Waals surface area (Å²) in [5, 5.41) is 10.3. The van der Waals surface area contributed by atoms with Crippen LogP contribution in [0.25, 0.3) is 11.3 Å². The molecule has 1 amide bonds. The molecule has 138 valence electrons. The highest BCUT2D eigenvalue weighted by molar-refractivity contribution is 6.08. The summed E-state index contributed by atoms with van der Waals surface area (Å²) in [5.41, 5.74) is 4.36. The molecule has 0 aliphatic heterocycles. The van der Waals surface area contributed by atoms with Gasteiger partial charge in [0.05, 0.1) is 0 Å². The number of amides is 1. The molecule has 0 unspecified atom stereocenters. The Kier molecular flexibility index (Phi) is 4.89. The van der Waals surface area contributed by atoms with Crippen molar-refractivity contribution in [2.24, 2.45) is 0 Å². The maximum atomic E-state index is 12.9. The van der Waals surface area contributed by atoms with E-state index in [4.69, 9.17) is 4.52 Å². The lowest BCUT2D eigenvalue weighted by Gasteiger charge is -2.10. The van der Waals surface area contributed by atoms with Gasteiger partial charge < -0.3 is 15.2 Å². The molecule has 0 spiro atoms. The van der Waals surface area contributed by atoms with E-state index >= 15 is 0 Å². The predicted octanol–water partition coefficient (Wildman–Crippen LogP) is 5.65. The number of nitrogens with one attached hydrogen (secondary N) is 2. The fourth-order valence-corrected chi connectivity index (χ4v) is 2.99. The molecule has 0 saturated heterocycles. The number of aryl methyl sites for hydroxylation is 1. The normalized spacial score (nSPS) is 10.5. The van der Waals surface area contributed by atoms with Gasteiger partial charge in [0.1, 0.15) is 17.0 Å². The molecule has 0 saturated carbocycles. The lowest BCUT2D eigenvalue weighted by molar-refractivity contribution is 0.102. The molecule has 1 heterocycles. The quantitative estimate of drug-likeness (QED) is 0.477. The highest BCUT2D eigenvalue weighted by Crippen LogP contribution is 2.27. The molecule has 0 radical (unpaired) electrons. The summed E-state index contributed by atoms with van der Waals surface area (Å²) in [4.78, 5) is 12.9. The third-order valence-corrected chi connectivity index (χ3v) is 4.32. The maximum Gasteiger partial charge on any atom is 0.261 e. The molecular formula is C23H19N3O2. The summed E-state index contributed by atoms with van der Waals surface area (Å²) in [7, 11) is 0. The van der Waals surface area contributed by atoms with E-state index in [-0.39, 0.29) is 5.91 Å². The Balaban J connectivity index is 1.57. The van der Waals surface area contributed by atoms with Crippen molar-refractivity contribution in [1.82, 2.24) is 5.16 Å². The molecule has 0 bridgehead atoms. The fourth-order valence-electron chi connectivity index (χ4n) is 2.99. The van der Waals surface area contributed by atoms with Crippen LogP contribution < -0.4 is 10.6 Å². The summed E-state index contributed by atoms with van der Waals surface area (Å²) in [6, 6.07) is 27.0. The highest BCUT2D eigenvalue weighted by atomic mass is 16.5. The number of rotatable bonds is 5. The highest BCUT2D eigenvalue weighted by Gasteiger charge is 2.21. The lowest BCUT2D eigenvalue weighted by Crippen LogP contribution is -2.13. The zero-order chi connectivity index (χ0) is 19.3. The second kappa shape index (κ2) is 7.80. The van der Waals surface area contributed by atoms with Gasteiger partial charge in [-0.2, -0.15) is 0 Å². The van der Waals surface area contributed by atoms with Crippen LogP contribution >= 0.6 is 0 Å². The van der Waals surface area contributed by atoms with Gasteiger partial charge in [-0.3, -0.25) is 4.79 Å². The summed E-state index contributed by atoms with van der Waals surface area (Å²) >= 11 is 0. The standard InChI is InChI=1S/C23H19N3O2/c1-16-21(22(26-28-16)17-9-4-2-5-10-17)23(27)25-20-14-8-13-19(15-20)24-18-11-6-3-7-12-18/h2-15,24H,1H3,(H,25,27). The van der Waals surface area contributed by atoms with Crippen molar-refractivity contribution in [3.05, 3.63) is 96.3 Å². The molecule has 2 N–H and O–H groups in total. The largest absolute Gasteiger partial charge is 0.360 e. The second-order valence-electron chi connectivity index (χ2n) is 6.35. The Morgan fingerprint density at radius 3 is 2.21 bits per heavy atom. The molecule has 0 aliphatic carbocycles. The molecule has 5 heteroatoms. The summed E-state index contributed by atoms with van der Waals surface area (Å²) in [6.07, 6.45) is 0. The van der Waals surface area contributed by atoms with Gasteiger partial charge in [0.2, 0.25) is 0 Å². The van der Waals surface area contributed by atoms with Crippen molar-refractivity contribution in [2.75, 3.05) is 10.6 Å². The van der Waals surface area contributed by atoms with Crippen molar-refractivity contribution >= 4 is 23.0 Å². The Labute approximate surface area is 163 Å². The van der Waals surface area contributed by atoms with Crippen LogP contribution in [0, 0.1) is 6.92 Å². The topological polar surface area (TPSA) is 67.2 Å². The Bertz CT molecular complexity index is 1090. The van der Waals surface area contributed by atoms with Crippen molar-refractivity contribution in [3.8, 4) is 11.3 Å². The summed E-state index contributed by atoms with van der Waals surface area (Å²) in [5.74, 6) is 0.226. The van der Waals surface area contributed by atoms with E-state index in [1.165, 1.54) is 0 Å². The lowest BCUT2D eigenvalue weighted by atomic mass is 10.1. The SMILES string of the molecule is Cc1onc(-c2ccccc2)c1C(=O)Nc1cccc(Nc2ccccc2)c1. The fraction of sp³-hybridized carbons (Fsp3) is 0.0435. The van der Waals surface area contributed by atoms with Gasteiger partial charge in [0, 0.05) is 22.6 Å². The van der Waals surface area contributed by atoms with Crippen molar-refractivity contribution in [1.29, 1.82) is 0 Å². The molecule has 0 fully saturated rings. The first kappa shape index (κ1) is 17.5. The van der Waals surface area contributed by atoms with Crippen LogP contribution in [-0.4, -0.2) is 11.1 Å². The van der Waals surface area contributed by atoms with E-state index in [1.807, 2.05) is 84.9 Å². The number of aromatic nitrogens is 1. The van der Waals surface area contributed by atoms with Crippen molar-refractivity contribution in [3.63, 3.8) is 0 Å². The Morgan fingerprint density at radius 1 is 0.821 bits per heavy atom. The second-order valence-corrected chi connectivity index (χ2v) is 6.35. The molecule has 5 nitrogen and oxygen atoms in total. The molecule has 1 aromatic heterocycles. The number of hydrogen-bond donors (Lipinski definition) is 2. The van der Waals surface area contributed by atoms with Crippen molar-refractivity contribution < 1.29 is 9.32 Å². The smallest absolute Gasteiger partial charge is 0.261 e. The Morgan fingerprint density at radius 2 is 1.46 bits per heavy atom. The number of para-hydroxylation sites is 1. The predicted molar refractivity (Wildman–Crippen MR) is 111 cm³/mol. The minimum atomic E-state index is -0.255. The van der Waals surface area contributed by atoms with Crippen LogP contribution in [0.15, 0.2) is 89.5 Å². The van der Waals surface area contributed by atoms with E-state index in [1.54, 1.807) is 6.92 Å². The number of carbonyl (C=O) groups is 1. The van der Waals surface area contributed by atoms with E-state index in [9.17, 15) is 4.79 Å². The molecular weight excluding hydrogens is 350 g/mol. The summed E-state index contributed by atoms with van der Waals surface area (Å²) in [6.45, 7) is 1.74. The van der Waals surface area contributed by atoms with E-state index in [0.717, 1.165) is 16.9 Å². The number of anilines is 3. The van der Waals surface area contributed by atoms with Gasteiger partial charge >= 0.3 is 0 Å². The minimum Gasteiger partial charge on any atom is -0.360 e. The van der Waals surface area contributed by atoms with Crippen LogP contribution in [0.1, 0.15) is 16.1 Å². The molecule has 4 rings (SSSR count). The van der Waals surface area contributed by atoms with Crippen molar-refractivity contribution in [2.45, 2.75) is 6.92 Å². The molecule has 0 atom stereocenters. The third-order valence-electron chi connectivity index (χ3n) is 4.32. The van der Waals surface area contributed by atoms with Gasteiger partial charge in [-0.05, 0) is 37.3 Å². The molecule has 28 heavy (non-hydrogen) atoms. The number of carbonyl (C=O) groups excluding carboxylic acids is 1. The van der Waals surface area contributed by atoms with E-state index < -0.39 is 0 Å². The minimum absolute atomic E-state index is 0.255. The zero-order valence-electron chi connectivity index (χ0n) is 15.3. The van der Waals surface area contributed by atoms with Crippen LogP contribution in [0.3, 0.4) is 0 Å². The first-order chi connectivity index (χ1) is 13.7. The van der Waals surface area contributed by atoms with Crippen LogP contribution in [0.2, 0.25) is 0 Å². The maximum absolute atomic E-state index is 12.9. The molecule has 0 aliphatic rings. The number of nitrogens with zero attached hydrogens (tertiary/aromatic N) is 1. The van der Waals surface area contributed by atoms with Gasteiger partial charge in [-0.25, -0.2) is 0 Å². The van der Waals surface area contributed by atoms with Crippen LogP contribution in [0.4, 0.5) is 17.1 Å². The Hall–Kier alpha value is -3.86. The monoisotopic (exact) mass is 369 g/mol. The van der Waals surface area contributed by atoms with Crippen LogP contribution in [0.5, 0.6) is 0 Å². The van der Waals surface area contributed by atoms with Crippen LogP contribution in [-0.2, 0) is 0 Å². The number of hydrogen-bond acceptors (Lipinski definition) is 4. The van der Waals surface area contributed by atoms with E-state index in [0.29, 0.717) is 22.7 Å². The van der Waals surface area contributed by atoms with E-state index in [2.05, 4.69) is 15.8 Å². The molecule has 3 aromatic carbocycles. The first-order valence-corrected chi connectivity index (χ1v) is 8.96. The molecule has 4 aromatic rings. The van der Waals surface area contributed by atoms with Gasteiger partial charge in [0.15, 0.2) is 0 Å². The average molecular weight is 369 g/mol. The summed E-state index contributed by atoms with van der Waals surface area (Å²) < 4.78 is 5.29.